The van der Waals surface area contributed by atoms with Gasteiger partial charge in [-0.15, -0.1) is 0 Å². The van der Waals surface area contributed by atoms with Gasteiger partial charge >= 0.3 is 0 Å². The van der Waals surface area contributed by atoms with E-state index in [0.29, 0.717) is 0 Å². The van der Waals surface area contributed by atoms with Gasteiger partial charge in [0.15, 0.2) is 5.88 Å². The van der Waals surface area contributed by atoms with Crippen LogP contribution in [0.4, 0.5) is 0 Å². The van der Waals surface area contributed by atoms with Crippen LogP contribution in [0.2, 0.25) is 0 Å². The molecule has 0 radical (unpaired) electrons. The van der Waals surface area contributed by atoms with E-state index in [1.807, 2.05) is 20.8 Å². The highest BCUT2D eigenvalue weighted by Crippen LogP contribution is 2.03. The van der Waals surface area contributed by atoms with E-state index in [0.717, 1.165) is 12.0 Å². The molecule has 0 atom stereocenters. The summed E-state index contributed by atoms with van der Waals surface area (Å²) in [6, 6.07) is 3.02. The molecular formula is C9H15NO2. The third-order valence-electron chi connectivity index (χ3n) is 1.30. The summed E-state index contributed by atoms with van der Waals surface area (Å²) in [5, 5.41) is 8.87. The summed E-state index contributed by atoms with van der Waals surface area (Å²) in [4.78, 5) is 12.9. The summed E-state index contributed by atoms with van der Waals surface area (Å²) in [6.45, 7) is 5.92. The molecule has 2 N–H and O–H groups in total. The lowest BCUT2D eigenvalue weighted by Gasteiger charge is -1.94. The summed E-state index contributed by atoms with van der Waals surface area (Å²) < 4.78 is 0. The van der Waals surface area contributed by atoms with E-state index in [9.17, 15) is 4.79 Å². The predicted molar refractivity (Wildman–Crippen MR) is 49.5 cm³/mol. The Labute approximate surface area is 72.1 Å². The standard InChI is InChI=1S/C7H9NO2.C2H6/c1-2-5-3-6(9)8-7(10)4-5;1-2/h3-4H,2H2,1H3,(H2,8,9,10);1-2H3. The molecule has 0 saturated carbocycles. The monoisotopic (exact) mass is 169 g/mol. The molecule has 3 nitrogen and oxygen atoms in total. The number of hydrogen-bond acceptors (Lipinski definition) is 2. The molecule has 0 amide bonds. The summed E-state index contributed by atoms with van der Waals surface area (Å²) in [6.07, 6.45) is 0.761. The van der Waals surface area contributed by atoms with Crippen LogP contribution in [0.15, 0.2) is 16.9 Å². The summed E-state index contributed by atoms with van der Waals surface area (Å²) in [5.74, 6) is -0.0654. The molecule has 3 heteroatoms. The first-order valence-corrected chi connectivity index (χ1v) is 4.14. The van der Waals surface area contributed by atoms with Crippen molar-refractivity contribution in [2.45, 2.75) is 27.2 Å². The molecule has 0 aliphatic heterocycles. The molecule has 1 aromatic rings. The quantitative estimate of drug-likeness (QED) is 0.671. The van der Waals surface area contributed by atoms with Crippen molar-refractivity contribution < 1.29 is 5.11 Å². The second-order valence-electron chi connectivity index (χ2n) is 2.09. The van der Waals surface area contributed by atoms with Crippen molar-refractivity contribution in [2.24, 2.45) is 0 Å². The predicted octanol–water partition coefficient (Wildman–Crippen LogP) is 1.67. The fraction of sp³-hybridized carbons (Fsp3) is 0.444. The number of pyridine rings is 1. The van der Waals surface area contributed by atoms with Crippen LogP contribution in [-0.2, 0) is 6.42 Å². The average Bonchev–Trinajstić information content (AvgIpc) is 2.06. The van der Waals surface area contributed by atoms with Crippen LogP contribution in [-0.4, -0.2) is 10.1 Å². The van der Waals surface area contributed by atoms with Gasteiger partial charge in [-0.1, -0.05) is 20.8 Å². The normalized spacial score (nSPS) is 8.58. The number of rotatable bonds is 1. The fourth-order valence-electron chi connectivity index (χ4n) is 0.788. The van der Waals surface area contributed by atoms with Crippen molar-refractivity contribution in [3.05, 3.63) is 28.0 Å². The van der Waals surface area contributed by atoms with Gasteiger partial charge in [-0.2, -0.15) is 0 Å². The Bertz CT molecular complexity index is 278. The van der Waals surface area contributed by atoms with E-state index in [1.165, 1.54) is 6.07 Å². The Balaban J connectivity index is 0.000000561. The molecule has 1 heterocycles. The summed E-state index contributed by atoms with van der Waals surface area (Å²) in [7, 11) is 0. The van der Waals surface area contributed by atoms with Crippen LogP contribution in [0.1, 0.15) is 26.3 Å². The van der Waals surface area contributed by atoms with Gasteiger partial charge in [-0.05, 0) is 12.0 Å². The Hall–Kier alpha value is -1.25. The van der Waals surface area contributed by atoms with E-state index in [1.54, 1.807) is 6.07 Å². The fourth-order valence-corrected chi connectivity index (χ4v) is 0.788. The van der Waals surface area contributed by atoms with E-state index >= 15 is 0 Å². The maximum atomic E-state index is 10.7. The maximum absolute atomic E-state index is 10.7. The Morgan fingerprint density at radius 2 is 2.00 bits per heavy atom. The first kappa shape index (κ1) is 10.8. The molecule has 0 aliphatic carbocycles. The highest BCUT2D eigenvalue weighted by molar-refractivity contribution is 5.18. The minimum atomic E-state index is -0.253. The highest BCUT2D eigenvalue weighted by Gasteiger charge is 1.93. The molecular weight excluding hydrogens is 154 g/mol. The van der Waals surface area contributed by atoms with Crippen LogP contribution in [0, 0.1) is 0 Å². The smallest absolute Gasteiger partial charge is 0.250 e. The molecule has 0 spiro atoms. The van der Waals surface area contributed by atoms with Gasteiger partial charge in [0.1, 0.15) is 0 Å². The number of aromatic hydroxyl groups is 1. The van der Waals surface area contributed by atoms with Crippen LogP contribution in [0.5, 0.6) is 5.88 Å². The molecule has 1 rings (SSSR count). The van der Waals surface area contributed by atoms with Crippen molar-refractivity contribution in [3.63, 3.8) is 0 Å². The summed E-state index contributed by atoms with van der Waals surface area (Å²) >= 11 is 0. The zero-order chi connectivity index (χ0) is 9.56. The van der Waals surface area contributed by atoms with E-state index in [4.69, 9.17) is 5.11 Å². The Kier molecular flexibility index (Phi) is 4.84. The van der Waals surface area contributed by atoms with Crippen LogP contribution in [0.3, 0.4) is 0 Å². The molecule has 12 heavy (non-hydrogen) atoms. The van der Waals surface area contributed by atoms with Gasteiger partial charge in [0, 0.05) is 12.1 Å². The zero-order valence-corrected chi connectivity index (χ0v) is 7.72. The number of H-pyrrole nitrogens is 1. The number of hydrogen-bond donors (Lipinski definition) is 2. The van der Waals surface area contributed by atoms with E-state index < -0.39 is 0 Å². The number of aromatic nitrogens is 1. The lowest BCUT2D eigenvalue weighted by molar-refractivity contribution is 0.451. The SMILES string of the molecule is CC.CCc1cc(O)[nH]c(=O)c1. The van der Waals surface area contributed by atoms with Crippen LogP contribution < -0.4 is 5.56 Å². The minimum Gasteiger partial charge on any atom is -0.495 e. The Morgan fingerprint density at radius 1 is 1.42 bits per heavy atom. The van der Waals surface area contributed by atoms with Gasteiger partial charge in [0.2, 0.25) is 0 Å². The molecule has 1 aromatic heterocycles. The van der Waals surface area contributed by atoms with Gasteiger partial charge in [0.25, 0.3) is 5.56 Å². The van der Waals surface area contributed by atoms with Gasteiger partial charge in [0.05, 0.1) is 0 Å². The summed E-state index contributed by atoms with van der Waals surface area (Å²) in [5.41, 5.74) is 0.595. The second kappa shape index (κ2) is 5.41. The van der Waals surface area contributed by atoms with E-state index in [2.05, 4.69) is 4.98 Å². The number of nitrogens with one attached hydrogen (secondary N) is 1. The van der Waals surface area contributed by atoms with Crippen molar-refractivity contribution in [3.8, 4) is 5.88 Å². The molecule has 0 saturated heterocycles. The lowest BCUT2D eigenvalue weighted by Crippen LogP contribution is -2.04. The Morgan fingerprint density at radius 3 is 2.42 bits per heavy atom. The third kappa shape index (κ3) is 3.23. The third-order valence-corrected chi connectivity index (χ3v) is 1.30. The molecule has 0 aliphatic rings. The second-order valence-corrected chi connectivity index (χ2v) is 2.09. The molecule has 0 bridgehead atoms. The number of aromatic amines is 1. The van der Waals surface area contributed by atoms with E-state index in [-0.39, 0.29) is 11.4 Å². The lowest BCUT2D eigenvalue weighted by atomic mass is 10.2. The van der Waals surface area contributed by atoms with Crippen molar-refractivity contribution in [1.29, 1.82) is 0 Å². The van der Waals surface area contributed by atoms with Crippen molar-refractivity contribution >= 4 is 0 Å². The van der Waals surface area contributed by atoms with Crippen molar-refractivity contribution in [2.75, 3.05) is 0 Å². The number of aryl methyl sites for hydroxylation is 1. The molecule has 0 fully saturated rings. The molecule has 0 unspecified atom stereocenters. The highest BCUT2D eigenvalue weighted by atomic mass is 16.3. The van der Waals surface area contributed by atoms with Gasteiger partial charge < -0.3 is 5.11 Å². The van der Waals surface area contributed by atoms with Crippen molar-refractivity contribution in [1.82, 2.24) is 4.98 Å². The average molecular weight is 169 g/mol. The van der Waals surface area contributed by atoms with Gasteiger partial charge in [-0.25, -0.2) is 0 Å². The first-order chi connectivity index (χ1) is 5.72. The first-order valence-electron chi connectivity index (χ1n) is 4.14. The van der Waals surface area contributed by atoms with Gasteiger partial charge in [-0.3, -0.25) is 9.78 Å². The maximum Gasteiger partial charge on any atom is 0.250 e. The zero-order valence-electron chi connectivity index (χ0n) is 7.72. The topological polar surface area (TPSA) is 53.1 Å². The minimum absolute atomic E-state index is 0.0654. The van der Waals surface area contributed by atoms with Crippen LogP contribution >= 0.6 is 0 Å². The molecule has 68 valence electrons. The van der Waals surface area contributed by atoms with Crippen LogP contribution in [0.25, 0.3) is 0 Å². The molecule has 0 aromatic carbocycles. The largest absolute Gasteiger partial charge is 0.495 e.